The summed E-state index contributed by atoms with van der Waals surface area (Å²) in [6, 6.07) is 4.45. The maximum absolute atomic E-state index is 12.8. The number of hydrogen-bond donors (Lipinski definition) is 0. The van der Waals surface area contributed by atoms with E-state index >= 15 is 0 Å². The Morgan fingerprint density at radius 3 is 2.38 bits per heavy atom. The summed E-state index contributed by atoms with van der Waals surface area (Å²) in [5.74, 6) is 0. The van der Waals surface area contributed by atoms with E-state index in [1.165, 1.54) is 16.4 Å². The molecule has 0 unspecified atom stereocenters. The summed E-state index contributed by atoms with van der Waals surface area (Å²) in [5.41, 5.74) is 0. The number of aromatic nitrogens is 2. The third kappa shape index (κ3) is 3.87. The number of piperazine rings is 1. The summed E-state index contributed by atoms with van der Waals surface area (Å²) in [5, 5.41) is 5.22. The van der Waals surface area contributed by atoms with Gasteiger partial charge in [-0.15, -0.1) is 0 Å². The molecule has 2 aromatic rings. The van der Waals surface area contributed by atoms with Crippen LogP contribution in [0.1, 0.15) is 0 Å². The smallest absolute Gasteiger partial charge is 0.244 e. The van der Waals surface area contributed by atoms with Gasteiger partial charge in [-0.25, -0.2) is 8.42 Å². The molecular weight excluding hydrogens is 395 g/mol. The van der Waals surface area contributed by atoms with E-state index < -0.39 is 10.0 Å². The Hall–Kier alpha value is -0.830. The summed E-state index contributed by atoms with van der Waals surface area (Å²) in [7, 11) is -3.66. The van der Waals surface area contributed by atoms with Crippen LogP contribution >= 0.6 is 34.8 Å². The molecule has 0 bridgehead atoms. The van der Waals surface area contributed by atoms with Crippen LogP contribution in [0.2, 0.25) is 15.1 Å². The van der Waals surface area contributed by atoms with Gasteiger partial charge in [0.25, 0.3) is 0 Å². The Balaban J connectivity index is 1.68. The van der Waals surface area contributed by atoms with Crippen molar-refractivity contribution in [2.24, 2.45) is 0 Å². The van der Waals surface area contributed by atoms with E-state index in [1.54, 1.807) is 23.1 Å². The van der Waals surface area contributed by atoms with Crippen molar-refractivity contribution in [3.63, 3.8) is 0 Å². The van der Waals surface area contributed by atoms with Crippen molar-refractivity contribution < 1.29 is 8.42 Å². The molecule has 3 rings (SSSR count). The molecule has 1 aliphatic heterocycles. The Morgan fingerprint density at radius 1 is 1.04 bits per heavy atom. The zero-order valence-electron chi connectivity index (χ0n) is 12.6. The summed E-state index contributed by atoms with van der Waals surface area (Å²) >= 11 is 17.8. The lowest BCUT2D eigenvalue weighted by Gasteiger charge is -2.33. The van der Waals surface area contributed by atoms with Gasteiger partial charge in [-0.3, -0.25) is 9.58 Å². The maximum Gasteiger partial charge on any atom is 0.244 e. The average molecular weight is 410 g/mol. The molecule has 0 spiro atoms. The lowest BCUT2D eigenvalue weighted by Crippen LogP contribution is -2.48. The fraction of sp³-hybridized carbons (Fsp3) is 0.357. The van der Waals surface area contributed by atoms with Crippen LogP contribution in [0.5, 0.6) is 0 Å². The highest BCUT2D eigenvalue weighted by Gasteiger charge is 2.30. The maximum atomic E-state index is 12.8. The molecule has 24 heavy (non-hydrogen) atoms. The molecule has 0 atom stereocenters. The monoisotopic (exact) mass is 408 g/mol. The molecule has 0 saturated carbocycles. The SMILES string of the molecule is O=S(=O)(c1cc(Cl)ccc1Cl)N1CCN(Cn2cc(Cl)cn2)CC1. The number of halogens is 3. The van der Waals surface area contributed by atoms with E-state index in [0.29, 0.717) is 42.9 Å². The Morgan fingerprint density at radius 2 is 1.75 bits per heavy atom. The van der Waals surface area contributed by atoms with E-state index in [0.717, 1.165) is 0 Å². The van der Waals surface area contributed by atoms with Gasteiger partial charge >= 0.3 is 0 Å². The molecule has 0 N–H and O–H groups in total. The lowest BCUT2D eigenvalue weighted by atomic mass is 10.4. The zero-order chi connectivity index (χ0) is 17.3. The predicted molar refractivity (Wildman–Crippen MR) is 94.0 cm³/mol. The Bertz CT molecular complexity index is 832. The predicted octanol–water partition coefficient (Wildman–Crippen LogP) is 2.81. The fourth-order valence-electron chi connectivity index (χ4n) is 2.55. The second kappa shape index (κ2) is 7.19. The molecule has 1 aromatic heterocycles. The number of nitrogens with zero attached hydrogens (tertiary/aromatic N) is 4. The molecule has 1 fully saturated rings. The van der Waals surface area contributed by atoms with Gasteiger partial charge in [-0.1, -0.05) is 34.8 Å². The van der Waals surface area contributed by atoms with Crippen LogP contribution in [0.15, 0.2) is 35.5 Å². The minimum atomic E-state index is -3.66. The summed E-state index contributed by atoms with van der Waals surface area (Å²) < 4.78 is 28.7. The first kappa shape index (κ1) is 18.0. The third-order valence-electron chi connectivity index (χ3n) is 3.79. The minimum Gasteiger partial charge on any atom is -0.282 e. The van der Waals surface area contributed by atoms with Gasteiger partial charge < -0.3 is 0 Å². The summed E-state index contributed by atoms with van der Waals surface area (Å²) in [4.78, 5) is 2.15. The van der Waals surface area contributed by atoms with Crippen LogP contribution in [0.4, 0.5) is 0 Å². The Labute approximate surface area is 155 Å². The minimum absolute atomic E-state index is 0.0453. The van der Waals surface area contributed by atoms with Crippen molar-refractivity contribution in [1.29, 1.82) is 0 Å². The highest BCUT2D eigenvalue weighted by Crippen LogP contribution is 2.28. The normalized spacial score (nSPS) is 17.3. The Kier molecular flexibility index (Phi) is 5.39. The quantitative estimate of drug-likeness (QED) is 0.779. The number of rotatable bonds is 4. The summed E-state index contributed by atoms with van der Waals surface area (Å²) in [6.45, 7) is 2.50. The number of sulfonamides is 1. The van der Waals surface area contributed by atoms with Gasteiger partial charge in [-0.05, 0) is 18.2 Å². The van der Waals surface area contributed by atoms with Crippen molar-refractivity contribution in [2.75, 3.05) is 26.2 Å². The molecule has 0 aliphatic carbocycles. The molecular formula is C14H15Cl3N4O2S. The molecule has 130 valence electrons. The highest BCUT2D eigenvalue weighted by molar-refractivity contribution is 7.89. The standard InChI is InChI=1S/C14H15Cl3N4O2S/c15-11-1-2-13(17)14(7-11)24(22,23)21-5-3-19(4-6-21)10-20-9-12(16)8-18-20/h1-2,7-9H,3-6,10H2. The molecule has 1 aromatic carbocycles. The summed E-state index contributed by atoms with van der Waals surface area (Å²) in [6.07, 6.45) is 3.31. The first-order valence-electron chi connectivity index (χ1n) is 7.22. The molecule has 2 heterocycles. The van der Waals surface area contributed by atoms with E-state index in [-0.39, 0.29) is 9.92 Å². The van der Waals surface area contributed by atoms with E-state index in [1.807, 2.05) is 0 Å². The van der Waals surface area contributed by atoms with Gasteiger partial charge in [-0.2, -0.15) is 9.40 Å². The van der Waals surface area contributed by atoms with Crippen molar-refractivity contribution >= 4 is 44.8 Å². The first-order chi connectivity index (χ1) is 11.4. The molecule has 1 aliphatic rings. The van der Waals surface area contributed by atoms with Crippen LogP contribution < -0.4 is 0 Å². The van der Waals surface area contributed by atoms with E-state index in [4.69, 9.17) is 34.8 Å². The van der Waals surface area contributed by atoms with Crippen molar-refractivity contribution in [2.45, 2.75) is 11.6 Å². The topological polar surface area (TPSA) is 58.4 Å². The zero-order valence-corrected chi connectivity index (χ0v) is 15.7. The highest BCUT2D eigenvalue weighted by atomic mass is 35.5. The lowest BCUT2D eigenvalue weighted by molar-refractivity contribution is 0.146. The molecule has 10 heteroatoms. The van der Waals surface area contributed by atoms with Crippen LogP contribution in [0, 0.1) is 0 Å². The fourth-order valence-corrected chi connectivity index (χ4v) is 4.86. The van der Waals surface area contributed by atoms with Crippen LogP contribution in [0.25, 0.3) is 0 Å². The van der Waals surface area contributed by atoms with Gasteiger partial charge in [0.1, 0.15) is 4.90 Å². The second-order valence-electron chi connectivity index (χ2n) is 5.44. The second-order valence-corrected chi connectivity index (χ2v) is 8.62. The van der Waals surface area contributed by atoms with Gasteiger partial charge in [0.05, 0.1) is 22.9 Å². The van der Waals surface area contributed by atoms with Gasteiger partial charge in [0.15, 0.2) is 0 Å². The third-order valence-corrected chi connectivity index (χ3v) is 6.60. The molecule has 1 saturated heterocycles. The van der Waals surface area contributed by atoms with Gasteiger partial charge in [0.2, 0.25) is 10.0 Å². The molecule has 6 nitrogen and oxygen atoms in total. The average Bonchev–Trinajstić information content (AvgIpc) is 2.95. The number of benzene rings is 1. The number of hydrogen-bond acceptors (Lipinski definition) is 4. The van der Waals surface area contributed by atoms with Crippen molar-refractivity contribution in [3.8, 4) is 0 Å². The first-order valence-corrected chi connectivity index (χ1v) is 9.79. The van der Waals surface area contributed by atoms with Crippen LogP contribution in [-0.2, 0) is 16.7 Å². The molecule has 0 radical (unpaired) electrons. The van der Waals surface area contributed by atoms with Crippen molar-refractivity contribution in [3.05, 3.63) is 45.7 Å². The molecule has 0 amide bonds. The van der Waals surface area contributed by atoms with E-state index in [2.05, 4.69) is 10.00 Å². The van der Waals surface area contributed by atoms with Gasteiger partial charge in [0, 0.05) is 37.4 Å². The van der Waals surface area contributed by atoms with Crippen molar-refractivity contribution in [1.82, 2.24) is 19.0 Å². The van der Waals surface area contributed by atoms with Crippen LogP contribution in [-0.4, -0.2) is 53.6 Å². The van der Waals surface area contributed by atoms with E-state index in [9.17, 15) is 8.42 Å². The van der Waals surface area contributed by atoms with Crippen LogP contribution in [0.3, 0.4) is 0 Å². The largest absolute Gasteiger partial charge is 0.282 e.